The largest absolute Gasteiger partial charge is 0.451 e. The number of carbonyl (C=O) groups excluding carboxylic acids is 1. The van der Waals surface area contributed by atoms with E-state index in [1.165, 1.54) is 12.1 Å². The number of morpholine rings is 1. The number of benzene rings is 1. The van der Waals surface area contributed by atoms with E-state index in [0.29, 0.717) is 37.6 Å². The molecule has 1 fully saturated rings. The van der Waals surface area contributed by atoms with Crippen molar-refractivity contribution in [2.75, 3.05) is 26.3 Å². The summed E-state index contributed by atoms with van der Waals surface area (Å²) in [5, 5.41) is 10.6. The van der Waals surface area contributed by atoms with Crippen molar-refractivity contribution in [3.63, 3.8) is 0 Å². The molecule has 2 aromatic rings. The van der Waals surface area contributed by atoms with Crippen LogP contribution in [0.15, 0.2) is 40.8 Å². The monoisotopic (exact) mass is 302 g/mol. The first-order valence-electron chi connectivity index (χ1n) is 6.87. The molecule has 114 valence electrons. The molecular weight excluding hydrogens is 288 g/mol. The molecule has 1 aliphatic heterocycles. The van der Waals surface area contributed by atoms with Gasteiger partial charge in [-0.3, -0.25) is 14.9 Å². The van der Waals surface area contributed by atoms with Crippen LogP contribution in [0.4, 0.5) is 5.69 Å². The molecule has 0 N–H and O–H groups in total. The van der Waals surface area contributed by atoms with Crippen LogP contribution in [0, 0.1) is 10.1 Å². The lowest BCUT2D eigenvalue weighted by Gasteiger charge is -2.25. The van der Waals surface area contributed by atoms with E-state index >= 15 is 0 Å². The van der Waals surface area contributed by atoms with Gasteiger partial charge in [-0.2, -0.15) is 0 Å². The van der Waals surface area contributed by atoms with Crippen molar-refractivity contribution in [2.45, 2.75) is 0 Å². The molecule has 1 amide bonds. The van der Waals surface area contributed by atoms with Crippen LogP contribution in [0.5, 0.6) is 0 Å². The number of nitro benzene ring substituents is 1. The summed E-state index contributed by atoms with van der Waals surface area (Å²) in [5.74, 6) is 0.596. The molecule has 1 saturated heterocycles. The molecule has 0 bridgehead atoms. The molecule has 0 aliphatic carbocycles. The highest BCUT2D eigenvalue weighted by Gasteiger charge is 2.21. The summed E-state index contributed by atoms with van der Waals surface area (Å²) < 4.78 is 10.8. The van der Waals surface area contributed by atoms with Gasteiger partial charge in [-0.05, 0) is 24.3 Å². The van der Waals surface area contributed by atoms with E-state index in [1.54, 1.807) is 29.2 Å². The summed E-state index contributed by atoms with van der Waals surface area (Å²) in [4.78, 5) is 24.1. The Balaban J connectivity index is 1.78. The minimum Gasteiger partial charge on any atom is -0.451 e. The molecular formula is C15H14N2O5. The van der Waals surface area contributed by atoms with Crippen molar-refractivity contribution in [2.24, 2.45) is 0 Å². The van der Waals surface area contributed by atoms with E-state index in [9.17, 15) is 14.9 Å². The number of amides is 1. The maximum Gasteiger partial charge on any atom is 0.289 e. The summed E-state index contributed by atoms with van der Waals surface area (Å²) >= 11 is 0. The van der Waals surface area contributed by atoms with Gasteiger partial charge < -0.3 is 14.1 Å². The molecule has 0 atom stereocenters. The number of nitrogens with zero attached hydrogens (tertiary/aromatic N) is 2. The van der Waals surface area contributed by atoms with Crippen molar-refractivity contribution >= 4 is 11.6 Å². The third-order valence-corrected chi connectivity index (χ3v) is 3.48. The molecule has 0 spiro atoms. The number of nitro groups is 1. The van der Waals surface area contributed by atoms with E-state index in [2.05, 4.69) is 0 Å². The van der Waals surface area contributed by atoms with Crippen LogP contribution in [0.2, 0.25) is 0 Å². The van der Waals surface area contributed by atoms with E-state index in [4.69, 9.17) is 9.15 Å². The van der Waals surface area contributed by atoms with Gasteiger partial charge in [-0.15, -0.1) is 0 Å². The van der Waals surface area contributed by atoms with Gasteiger partial charge in [0.25, 0.3) is 11.6 Å². The highest BCUT2D eigenvalue weighted by molar-refractivity contribution is 5.92. The number of non-ortho nitro benzene ring substituents is 1. The fraction of sp³-hybridized carbons (Fsp3) is 0.267. The molecule has 7 heteroatoms. The number of rotatable bonds is 3. The van der Waals surface area contributed by atoms with E-state index in [1.807, 2.05) is 0 Å². The number of furan rings is 1. The van der Waals surface area contributed by atoms with Gasteiger partial charge in [0.1, 0.15) is 5.76 Å². The van der Waals surface area contributed by atoms with Gasteiger partial charge in [0.2, 0.25) is 0 Å². The average Bonchev–Trinajstić information content (AvgIpc) is 3.05. The second kappa shape index (κ2) is 5.98. The van der Waals surface area contributed by atoms with Gasteiger partial charge >= 0.3 is 0 Å². The predicted molar refractivity (Wildman–Crippen MR) is 77.5 cm³/mol. The topological polar surface area (TPSA) is 85.8 Å². The summed E-state index contributed by atoms with van der Waals surface area (Å²) in [6.45, 7) is 2.15. The van der Waals surface area contributed by atoms with Crippen molar-refractivity contribution in [1.82, 2.24) is 4.90 Å². The van der Waals surface area contributed by atoms with Crippen molar-refractivity contribution in [3.05, 3.63) is 52.3 Å². The summed E-state index contributed by atoms with van der Waals surface area (Å²) in [6.07, 6.45) is 0. The highest BCUT2D eigenvalue weighted by Crippen LogP contribution is 2.25. The standard InChI is InChI=1S/C15H14N2O5/c18-15(16-7-9-21-10-8-16)14-6-5-13(22-14)11-1-3-12(4-2-11)17(19)20/h1-6H,7-10H2. The summed E-state index contributed by atoms with van der Waals surface area (Å²) in [6, 6.07) is 9.31. The fourth-order valence-electron chi connectivity index (χ4n) is 2.28. The van der Waals surface area contributed by atoms with E-state index in [0.717, 1.165) is 0 Å². The fourth-order valence-corrected chi connectivity index (χ4v) is 2.28. The van der Waals surface area contributed by atoms with Crippen LogP contribution in [0.25, 0.3) is 11.3 Å². The second-order valence-corrected chi connectivity index (χ2v) is 4.87. The number of ether oxygens (including phenoxy) is 1. The average molecular weight is 302 g/mol. The Kier molecular flexibility index (Phi) is 3.88. The lowest BCUT2D eigenvalue weighted by Crippen LogP contribution is -2.40. The predicted octanol–water partition coefficient (Wildman–Crippen LogP) is 2.33. The molecule has 7 nitrogen and oxygen atoms in total. The van der Waals surface area contributed by atoms with Gasteiger partial charge in [0.15, 0.2) is 5.76 Å². The second-order valence-electron chi connectivity index (χ2n) is 4.87. The minimum absolute atomic E-state index is 0.0138. The zero-order valence-corrected chi connectivity index (χ0v) is 11.7. The smallest absolute Gasteiger partial charge is 0.289 e. The third-order valence-electron chi connectivity index (χ3n) is 3.48. The molecule has 0 saturated carbocycles. The zero-order chi connectivity index (χ0) is 15.5. The molecule has 22 heavy (non-hydrogen) atoms. The first-order valence-corrected chi connectivity index (χ1v) is 6.87. The SMILES string of the molecule is O=C(c1ccc(-c2ccc([N+](=O)[O-])cc2)o1)N1CCOCC1. The van der Waals surface area contributed by atoms with Gasteiger partial charge in [-0.1, -0.05) is 0 Å². The van der Waals surface area contributed by atoms with Crippen molar-refractivity contribution in [3.8, 4) is 11.3 Å². The minimum atomic E-state index is -0.459. The Hall–Kier alpha value is -2.67. The number of hydrogen-bond donors (Lipinski definition) is 0. The van der Waals surface area contributed by atoms with E-state index < -0.39 is 4.92 Å². The Bertz CT molecular complexity index is 686. The number of hydrogen-bond acceptors (Lipinski definition) is 5. The molecule has 0 unspecified atom stereocenters. The van der Waals surface area contributed by atoms with Crippen LogP contribution >= 0.6 is 0 Å². The summed E-state index contributed by atoms with van der Waals surface area (Å²) in [7, 11) is 0. The van der Waals surface area contributed by atoms with Gasteiger partial charge in [0.05, 0.1) is 18.1 Å². The Labute approximate surface area is 126 Å². The number of carbonyl (C=O) groups is 1. The third kappa shape index (κ3) is 2.84. The Morgan fingerprint density at radius 2 is 1.77 bits per heavy atom. The van der Waals surface area contributed by atoms with Crippen molar-refractivity contribution in [1.29, 1.82) is 0 Å². The van der Waals surface area contributed by atoms with Crippen LogP contribution in [0.3, 0.4) is 0 Å². The molecule has 3 rings (SSSR count). The normalized spacial score (nSPS) is 14.8. The van der Waals surface area contributed by atoms with Crippen LogP contribution in [0.1, 0.15) is 10.6 Å². The lowest BCUT2D eigenvalue weighted by molar-refractivity contribution is -0.384. The first-order chi connectivity index (χ1) is 10.6. The molecule has 2 heterocycles. The van der Waals surface area contributed by atoms with Crippen LogP contribution in [-0.2, 0) is 4.74 Å². The summed E-state index contributed by atoms with van der Waals surface area (Å²) in [5.41, 5.74) is 0.701. The van der Waals surface area contributed by atoms with Gasteiger partial charge in [0, 0.05) is 30.8 Å². The van der Waals surface area contributed by atoms with Gasteiger partial charge in [-0.25, -0.2) is 0 Å². The van der Waals surface area contributed by atoms with Crippen LogP contribution in [-0.4, -0.2) is 42.0 Å². The maximum absolute atomic E-state index is 12.3. The molecule has 1 aliphatic rings. The van der Waals surface area contributed by atoms with E-state index in [-0.39, 0.29) is 17.4 Å². The quantitative estimate of drug-likeness (QED) is 0.641. The lowest BCUT2D eigenvalue weighted by atomic mass is 10.1. The molecule has 1 aromatic carbocycles. The Morgan fingerprint density at radius 1 is 1.09 bits per heavy atom. The molecule has 0 radical (unpaired) electrons. The van der Waals surface area contributed by atoms with Crippen LogP contribution < -0.4 is 0 Å². The first kappa shape index (κ1) is 14.3. The highest BCUT2D eigenvalue weighted by atomic mass is 16.6. The van der Waals surface area contributed by atoms with Crippen molar-refractivity contribution < 1.29 is 18.9 Å². The Morgan fingerprint density at radius 3 is 2.41 bits per heavy atom. The maximum atomic E-state index is 12.3. The zero-order valence-electron chi connectivity index (χ0n) is 11.7. The molecule has 1 aromatic heterocycles.